The summed E-state index contributed by atoms with van der Waals surface area (Å²) in [6, 6.07) is 2.94. The number of ether oxygens (including phenoxy) is 2. The summed E-state index contributed by atoms with van der Waals surface area (Å²) in [5.41, 5.74) is 4.47. The van der Waals surface area contributed by atoms with Crippen LogP contribution in [0.25, 0.3) is 5.82 Å². The van der Waals surface area contributed by atoms with Crippen molar-refractivity contribution < 1.29 is 27.5 Å². The van der Waals surface area contributed by atoms with Gasteiger partial charge in [0.25, 0.3) is 0 Å². The number of hydrogen-bond acceptors (Lipinski definition) is 9. The number of halogens is 5. The second-order valence-corrected chi connectivity index (χ2v) is 9.11. The maximum absolute atomic E-state index is 13.0. The van der Waals surface area contributed by atoms with Crippen molar-refractivity contribution in [1.82, 2.24) is 25.1 Å². The van der Waals surface area contributed by atoms with Crippen molar-refractivity contribution in [3.8, 4) is 0 Å². The van der Waals surface area contributed by atoms with Gasteiger partial charge in [0, 0.05) is 35.1 Å². The average Bonchev–Trinajstić information content (AvgIpc) is 3.13. The van der Waals surface area contributed by atoms with Gasteiger partial charge in [0.2, 0.25) is 0 Å². The number of fused-ring (bicyclic) bond motifs is 1. The first kappa shape index (κ1) is 23.6. The fourth-order valence-corrected chi connectivity index (χ4v) is 5.13. The van der Waals surface area contributed by atoms with Gasteiger partial charge in [0.1, 0.15) is 30.1 Å². The SMILES string of the molecule is COC1C(Sc2cnc(C(F)(F)F)c(Br)c2)OC2CON2[C@H]1N/C=C(\N)n1ccc(Cl)n1. The summed E-state index contributed by atoms with van der Waals surface area (Å²) in [6.07, 6.45) is -1.71. The quantitative estimate of drug-likeness (QED) is 0.555. The van der Waals surface area contributed by atoms with Crippen molar-refractivity contribution in [3.05, 3.63) is 46.0 Å². The van der Waals surface area contributed by atoms with E-state index < -0.39 is 29.6 Å². The molecule has 2 aromatic rings. The van der Waals surface area contributed by atoms with Crippen LogP contribution in [0.1, 0.15) is 5.69 Å². The molecule has 4 rings (SSSR count). The molecule has 0 radical (unpaired) electrons. The number of hydrogen-bond donors (Lipinski definition) is 2. The lowest BCUT2D eigenvalue weighted by Gasteiger charge is -2.52. The molecule has 2 aromatic heterocycles. The van der Waals surface area contributed by atoms with Gasteiger partial charge in [0.15, 0.2) is 17.1 Å². The summed E-state index contributed by atoms with van der Waals surface area (Å²) < 4.78 is 51.8. The van der Waals surface area contributed by atoms with Gasteiger partial charge >= 0.3 is 6.18 Å². The van der Waals surface area contributed by atoms with E-state index in [2.05, 4.69) is 31.3 Å². The van der Waals surface area contributed by atoms with E-state index in [1.54, 1.807) is 17.3 Å². The van der Waals surface area contributed by atoms with Crippen LogP contribution >= 0.6 is 39.3 Å². The molecular formula is C17H17BrClF3N6O3S. The minimum Gasteiger partial charge on any atom is -0.382 e. The smallest absolute Gasteiger partial charge is 0.382 e. The third-order valence-corrected chi connectivity index (χ3v) is 6.54. The Labute approximate surface area is 198 Å². The molecular weight excluding hydrogens is 541 g/mol. The summed E-state index contributed by atoms with van der Waals surface area (Å²) in [7, 11) is 1.50. The van der Waals surface area contributed by atoms with Crippen LogP contribution in [0.2, 0.25) is 5.15 Å². The average molecular weight is 558 g/mol. The van der Waals surface area contributed by atoms with Crippen LogP contribution in [0.4, 0.5) is 13.2 Å². The van der Waals surface area contributed by atoms with E-state index in [1.807, 2.05) is 0 Å². The van der Waals surface area contributed by atoms with Crippen LogP contribution in [0.3, 0.4) is 0 Å². The van der Waals surface area contributed by atoms with Gasteiger partial charge < -0.3 is 20.5 Å². The van der Waals surface area contributed by atoms with Crippen LogP contribution in [-0.2, 0) is 20.5 Å². The Morgan fingerprint density at radius 1 is 1.50 bits per heavy atom. The van der Waals surface area contributed by atoms with Crippen molar-refractivity contribution in [2.24, 2.45) is 5.73 Å². The number of methoxy groups -OCH3 is 1. The highest BCUT2D eigenvalue weighted by atomic mass is 79.9. The van der Waals surface area contributed by atoms with Gasteiger partial charge in [0.05, 0.1) is 0 Å². The van der Waals surface area contributed by atoms with E-state index in [1.165, 1.54) is 35.8 Å². The van der Waals surface area contributed by atoms with Crippen LogP contribution in [0, 0.1) is 0 Å². The van der Waals surface area contributed by atoms with Gasteiger partial charge in [-0.2, -0.15) is 18.3 Å². The molecule has 3 N–H and O–H groups in total. The zero-order valence-corrected chi connectivity index (χ0v) is 19.5. The highest BCUT2D eigenvalue weighted by Gasteiger charge is 2.50. The normalized spacial score (nSPS) is 26.5. The standard InChI is InChI=1S/C17H17BrClF3N6O3S/c1-29-13-15(25-6-11(23)27-3-2-10(19)26-27)28-12(7-30-28)31-16(13)32-8-4-9(18)14(24-5-8)17(20,21)22/h2-6,12-13,15-16,25H,7,23H2,1H3/b11-6+/t12?,13?,15-,16?/m1/s1. The number of rotatable bonds is 6. The molecule has 0 aromatic carbocycles. The number of aromatic nitrogens is 3. The van der Waals surface area contributed by atoms with Gasteiger partial charge in [-0.1, -0.05) is 23.4 Å². The Kier molecular flexibility index (Phi) is 6.91. The monoisotopic (exact) mass is 556 g/mol. The lowest BCUT2D eigenvalue weighted by molar-refractivity contribution is -0.419. The summed E-state index contributed by atoms with van der Waals surface area (Å²) in [5.74, 6) is 0.274. The molecule has 15 heteroatoms. The van der Waals surface area contributed by atoms with E-state index in [9.17, 15) is 13.2 Å². The molecule has 3 unspecified atom stereocenters. The van der Waals surface area contributed by atoms with Crippen molar-refractivity contribution >= 4 is 45.1 Å². The van der Waals surface area contributed by atoms with Crippen molar-refractivity contribution in [2.75, 3.05) is 13.7 Å². The molecule has 0 saturated carbocycles. The molecule has 0 spiro atoms. The van der Waals surface area contributed by atoms with E-state index >= 15 is 0 Å². The predicted molar refractivity (Wildman–Crippen MR) is 113 cm³/mol. The molecule has 0 aliphatic carbocycles. The Bertz CT molecular complexity index is 1010. The fourth-order valence-electron chi connectivity index (χ4n) is 3.12. The van der Waals surface area contributed by atoms with Gasteiger partial charge in [-0.3, -0.25) is 4.84 Å². The number of hydroxylamine groups is 2. The number of pyridine rings is 1. The Balaban J connectivity index is 1.51. The van der Waals surface area contributed by atoms with Gasteiger partial charge in [-0.05, 0) is 28.1 Å². The predicted octanol–water partition coefficient (Wildman–Crippen LogP) is 3.08. The molecule has 2 aliphatic heterocycles. The third-order valence-electron chi connectivity index (χ3n) is 4.63. The van der Waals surface area contributed by atoms with Crippen LogP contribution in [0.5, 0.6) is 0 Å². The van der Waals surface area contributed by atoms with Gasteiger partial charge in [-0.15, -0.1) is 5.06 Å². The van der Waals surface area contributed by atoms with Crippen LogP contribution < -0.4 is 11.1 Å². The third kappa shape index (κ3) is 4.85. The maximum atomic E-state index is 13.0. The Morgan fingerprint density at radius 2 is 2.28 bits per heavy atom. The lowest BCUT2D eigenvalue weighted by Crippen LogP contribution is -2.70. The first-order valence-electron chi connectivity index (χ1n) is 9.09. The number of thioether (sulfide) groups is 1. The second-order valence-electron chi connectivity index (χ2n) is 6.70. The molecule has 2 saturated heterocycles. The minimum absolute atomic E-state index is 0.156. The lowest BCUT2D eigenvalue weighted by atomic mass is 10.2. The van der Waals surface area contributed by atoms with Crippen molar-refractivity contribution in [1.29, 1.82) is 0 Å². The van der Waals surface area contributed by atoms with E-state index in [0.717, 1.165) is 6.20 Å². The summed E-state index contributed by atoms with van der Waals surface area (Å²) in [4.78, 5) is 9.51. The van der Waals surface area contributed by atoms with Gasteiger partial charge in [-0.25, -0.2) is 9.67 Å². The molecule has 2 aliphatic rings. The zero-order chi connectivity index (χ0) is 23.0. The molecule has 32 heavy (non-hydrogen) atoms. The maximum Gasteiger partial charge on any atom is 0.434 e. The highest BCUT2D eigenvalue weighted by molar-refractivity contribution is 9.10. The Morgan fingerprint density at radius 3 is 2.84 bits per heavy atom. The molecule has 174 valence electrons. The zero-order valence-electron chi connectivity index (χ0n) is 16.3. The first-order valence-corrected chi connectivity index (χ1v) is 11.1. The topological polar surface area (TPSA) is 99.7 Å². The summed E-state index contributed by atoms with van der Waals surface area (Å²) >= 11 is 9.95. The Hall–Kier alpha value is -1.55. The number of nitrogens with zero attached hydrogens (tertiary/aromatic N) is 4. The number of nitrogens with two attached hydrogens (primary N) is 1. The first-order chi connectivity index (χ1) is 15.2. The molecule has 4 atom stereocenters. The summed E-state index contributed by atoms with van der Waals surface area (Å²) in [5, 5.41) is 9.03. The van der Waals surface area contributed by atoms with Crippen molar-refractivity contribution in [2.45, 2.75) is 35.0 Å². The largest absolute Gasteiger partial charge is 0.434 e. The van der Waals surface area contributed by atoms with Crippen LogP contribution in [0.15, 0.2) is 40.1 Å². The fraction of sp³-hybridized carbons (Fsp3) is 0.412. The van der Waals surface area contributed by atoms with Crippen LogP contribution in [-0.4, -0.2) is 57.5 Å². The highest BCUT2D eigenvalue weighted by Crippen LogP contribution is 2.40. The molecule has 2 fully saturated rings. The molecule has 0 amide bonds. The van der Waals surface area contributed by atoms with E-state index in [0.29, 0.717) is 16.7 Å². The molecule has 9 nitrogen and oxygen atoms in total. The minimum atomic E-state index is -4.55. The number of nitrogens with one attached hydrogen (secondary N) is 1. The van der Waals surface area contributed by atoms with E-state index in [4.69, 9.17) is 31.6 Å². The van der Waals surface area contributed by atoms with E-state index in [-0.39, 0.29) is 16.5 Å². The summed E-state index contributed by atoms with van der Waals surface area (Å²) in [6.45, 7) is 0.328. The van der Waals surface area contributed by atoms with Crippen molar-refractivity contribution in [3.63, 3.8) is 0 Å². The molecule has 0 bridgehead atoms. The molecule has 4 heterocycles. The number of alkyl halides is 3. The second kappa shape index (κ2) is 9.37.